The summed E-state index contributed by atoms with van der Waals surface area (Å²) < 4.78 is 0. The zero-order valence-corrected chi connectivity index (χ0v) is 10.3. The van der Waals surface area contributed by atoms with Crippen molar-refractivity contribution in [1.29, 1.82) is 0 Å². The lowest BCUT2D eigenvalue weighted by Crippen LogP contribution is -2.43. The summed E-state index contributed by atoms with van der Waals surface area (Å²) in [6, 6.07) is 9.90. The molecule has 92 valence electrons. The fourth-order valence-corrected chi connectivity index (χ4v) is 3.50. The second-order valence-corrected chi connectivity index (χ2v) is 5.38. The fourth-order valence-electron chi connectivity index (χ4n) is 3.50. The van der Waals surface area contributed by atoms with Crippen molar-refractivity contribution in [3.63, 3.8) is 0 Å². The number of fused-ring (bicyclic) bond motifs is 1. The van der Waals surface area contributed by atoms with Crippen LogP contribution in [0.15, 0.2) is 24.3 Å². The second-order valence-electron chi connectivity index (χ2n) is 5.38. The van der Waals surface area contributed by atoms with Crippen LogP contribution < -0.4 is 0 Å². The van der Waals surface area contributed by atoms with Crippen molar-refractivity contribution in [3.05, 3.63) is 35.4 Å². The third kappa shape index (κ3) is 2.12. The molecule has 2 aliphatic rings. The van der Waals surface area contributed by atoms with Gasteiger partial charge in [-0.3, -0.25) is 4.90 Å². The number of aliphatic hydroxyl groups excluding tert-OH is 1. The molecule has 2 unspecified atom stereocenters. The second kappa shape index (κ2) is 4.79. The van der Waals surface area contributed by atoms with Crippen LogP contribution in [0.3, 0.4) is 0 Å². The highest BCUT2D eigenvalue weighted by molar-refractivity contribution is 5.30. The first kappa shape index (κ1) is 11.2. The van der Waals surface area contributed by atoms with Gasteiger partial charge in [-0.2, -0.15) is 0 Å². The number of aliphatic hydroxyl groups is 1. The number of hydrogen-bond donors (Lipinski definition) is 1. The van der Waals surface area contributed by atoms with E-state index in [4.69, 9.17) is 0 Å². The summed E-state index contributed by atoms with van der Waals surface area (Å²) in [5, 5.41) is 9.42. The molecule has 1 heterocycles. The normalized spacial score (nSPS) is 29.2. The molecule has 1 N–H and O–H groups in total. The van der Waals surface area contributed by atoms with Crippen molar-refractivity contribution >= 4 is 0 Å². The maximum absolute atomic E-state index is 9.42. The molecule has 2 heteroatoms. The Balaban J connectivity index is 1.75. The number of rotatable bonds is 2. The topological polar surface area (TPSA) is 23.5 Å². The fraction of sp³-hybridized carbons (Fsp3) is 0.600. The van der Waals surface area contributed by atoms with Gasteiger partial charge < -0.3 is 5.11 Å². The molecule has 1 aromatic rings. The lowest BCUT2D eigenvalue weighted by molar-refractivity contribution is 0.111. The summed E-state index contributed by atoms with van der Waals surface area (Å²) in [6.07, 6.45) is 6.06. The molecular weight excluding hydrogens is 210 g/mol. The van der Waals surface area contributed by atoms with Gasteiger partial charge in [-0.25, -0.2) is 0 Å². The van der Waals surface area contributed by atoms with E-state index in [1.54, 1.807) is 0 Å². The molecule has 3 rings (SSSR count). The molecule has 1 aliphatic heterocycles. The summed E-state index contributed by atoms with van der Waals surface area (Å²) in [4.78, 5) is 2.55. The molecule has 0 spiro atoms. The van der Waals surface area contributed by atoms with Crippen molar-refractivity contribution < 1.29 is 5.11 Å². The van der Waals surface area contributed by atoms with Gasteiger partial charge in [0, 0.05) is 12.1 Å². The van der Waals surface area contributed by atoms with E-state index in [1.807, 2.05) is 0 Å². The van der Waals surface area contributed by atoms with Crippen molar-refractivity contribution in [2.24, 2.45) is 0 Å². The Morgan fingerprint density at radius 2 is 2.00 bits per heavy atom. The zero-order valence-electron chi connectivity index (χ0n) is 10.3. The van der Waals surface area contributed by atoms with Gasteiger partial charge in [-0.15, -0.1) is 0 Å². The van der Waals surface area contributed by atoms with Crippen molar-refractivity contribution in [1.82, 2.24) is 4.90 Å². The molecule has 0 amide bonds. The Labute approximate surface area is 103 Å². The van der Waals surface area contributed by atoms with Gasteiger partial charge in [-0.05, 0) is 49.8 Å². The zero-order chi connectivity index (χ0) is 11.7. The number of hydrogen-bond acceptors (Lipinski definition) is 2. The van der Waals surface area contributed by atoms with E-state index in [1.165, 1.54) is 49.8 Å². The molecule has 1 fully saturated rings. The number of nitrogens with zero attached hydrogens (tertiary/aromatic N) is 1. The quantitative estimate of drug-likeness (QED) is 0.841. The molecule has 2 atom stereocenters. The number of benzene rings is 1. The molecule has 0 radical (unpaired) electrons. The van der Waals surface area contributed by atoms with E-state index in [0.717, 1.165) is 0 Å². The van der Waals surface area contributed by atoms with Crippen LogP contribution in [0.5, 0.6) is 0 Å². The van der Waals surface area contributed by atoms with E-state index in [9.17, 15) is 5.11 Å². The third-order valence-electron chi connectivity index (χ3n) is 4.42. The predicted molar refractivity (Wildman–Crippen MR) is 69.1 cm³/mol. The van der Waals surface area contributed by atoms with Gasteiger partial charge in [0.2, 0.25) is 0 Å². The minimum Gasteiger partial charge on any atom is -0.395 e. The minimum absolute atomic E-state index is 0.331. The van der Waals surface area contributed by atoms with Gasteiger partial charge in [0.1, 0.15) is 0 Å². The summed E-state index contributed by atoms with van der Waals surface area (Å²) in [5.41, 5.74) is 3.05. The van der Waals surface area contributed by atoms with E-state index in [2.05, 4.69) is 29.2 Å². The van der Waals surface area contributed by atoms with E-state index in [0.29, 0.717) is 18.7 Å². The van der Waals surface area contributed by atoms with Gasteiger partial charge in [-0.1, -0.05) is 24.3 Å². The van der Waals surface area contributed by atoms with Crippen LogP contribution >= 0.6 is 0 Å². The van der Waals surface area contributed by atoms with Gasteiger partial charge in [0.05, 0.1) is 6.61 Å². The van der Waals surface area contributed by atoms with Crippen LogP contribution in [0.1, 0.15) is 30.4 Å². The molecule has 2 nitrogen and oxygen atoms in total. The molecule has 1 aliphatic carbocycles. The van der Waals surface area contributed by atoms with Crippen molar-refractivity contribution in [3.8, 4) is 0 Å². The average Bonchev–Trinajstić information content (AvgIpc) is 2.86. The van der Waals surface area contributed by atoms with Crippen LogP contribution in [0.4, 0.5) is 0 Å². The molecule has 1 saturated heterocycles. The Bertz CT molecular complexity index is 390. The number of likely N-dealkylation sites (tertiary alicyclic amines) is 1. The standard InChI is InChI=1S/C15H21NO/c17-11-15-6-3-9-16(15)14-8-7-12-4-1-2-5-13(12)10-14/h1-2,4-5,14-15,17H,3,6-11H2. The summed E-state index contributed by atoms with van der Waals surface area (Å²) in [6.45, 7) is 1.51. The van der Waals surface area contributed by atoms with Crippen LogP contribution in [0.2, 0.25) is 0 Å². The average molecular weight is 231 g/mol. The van der Waals surface area contributed by atoms with Crippen molar-refractivity contribution in [2.45, 2.75) is 44.2 Å². The molecule has 0 saturated carbocycles. The molecule has 1 aromatic carbocycles. The first-order valence-corrected chi connectivity index (χ1v) is 6.82. The molecular formula is C15H21NO. The number of aryl methyl sites for hydroxylation is 1. The lowest BCUT2D eigenvalue weighted by atomic mass is 9.87. The van der Waals surface area contributed by atoms with Gasteiger partial charge >= 0.3 is 0 Å². The third-order valence-corrected chi connectivity index (χ3v) is 4.42. The largest absolute Gasteiger partial charge is 0.395 e. The van der Waals surface area contributed by atoms with Gasteiger partial charge in [0.15, 0.2) is 0 Å². The Kier molecular flexibility index (Phi) is 3.17. The van der Waals surface area contributed by atoms with Gasteiger partial charge in [0.25, 0.3) is 0 Å². The maximum atomic E-state index is 9.42. The summed E-state index contributed by atoms with van der Waals surface area (Å²) in [7, 11) is 0. The predicted octanol–water partition coefficient (Wildman–Crippen LogP) is 2.00. The Hall–Kier alpha value is -0.860. The maximum Gasteiger partial charge on any atom is 0.0586 e. The van der Waals surface area contributed by atoms with Crippen LogP contribution in [-0.2, 0) is 12.8 Å². The smallest absolute Gasteiger partial charge is 0.0586 e. The highest BCUT2D eigenvalue weighted by Gasteiger charge is 2.31. The van der Waals surface area contributed by atoms with E-state index >= 15 is 0 Å². The SMILES string of the molecule is OCC1CCCN1C1CCc2ccccc2C1. The highest BCUT2D eigenvalue weighted by Crippen LogP contribution is 2.29. The van der Waals surface area contributed by atoms with Crippen molar-refractivity contribution in [2.75, 3.05) is 13.2 Å². The van der Waals surface area contributed by atoms with Crippen LogP contribution in [0.25, 0.3) is 0 Å². The summed E-state index contributed by atoms with van der Waals surface area (Å²) >= 11 is 0. The van der Waals surface area contributed by atoms with E-state index in [-0.39, 0.29) is 0 Å². The Morgan fingerprint density at radius 1 is 1.18 bits per heavy atom. The Morgan fingerprint density at radius 3 is 2.82 bits per heavy atom. The molecule has 0 aromatic heterocycles. The molecule has 0 bridgehead atoms. The monoisotopic (exact) mass is 231 g/mol. The first-order valence-electron chi connectivity index (χ1n) is 6.82. The minimum atomic E-state index is 0.331. The van der Waals surface area contributed by atoms with Crippen LogP contribution in [-0.4, -0.2) is 35.2 Å². The molecule has 17 heavy (non-hydrogen) atoms. The van der Waals surface area contributed by atoms with Crippen LogP contribution in [0, 0.1) is 0 Å². The van der Waals surface area contributed by atoms with E-state index < -0.39 is 0 Å². The summed E-state index contributed by atoms with van der Waals surface area (Å²) in [5.74, 6) is 0. The first-order chi connectivity index (χ1) is 8.38. The highest BCUT2D eigenvalue weighted by atomic mass is 16.3. The lowest BCUT2D eigenvalue weighted by Gasteiger charge is -2.35.